The Bertz CT molecular complexity index is 797. The number of benzene rings is 2. The summed E-state index contributed by atoms with van der Waals surface area (Å²) < 4.78 is 27.4. The van der Waals surface area contributed by atoms with Crippen molar-refractivity contribution in [2.45, 2.75) is 32.2 Å². The fraction of sp³-hybridized carbons (Fsp3) is 0.300. The molecule has 2 N–H and O–H groups in total. The lowest BCUT2D eigenvalue weighted by atomic mass is 10.1. The molecular weight excluding hydrogens is 418 g/mol. The summed E-state index contributed by atoms with van der Waals surface area (Å²) in [4.78, 5) is 23.8. The van der Waals surface area contributed by atoms with Crippen LogP contribution in [0.2, 0.25) is 0 Å². The molecule has 0 aliphatic heterocycles. The van der Waals surface area contributed by atoms with Crippen LogP contribution in [0.3, 0.4) is 0 Å². The Kier molecular flexibility index (Phi) is 7.91. The highest BCUT2D eigenvalue weighted by Gasteiger charge is 2.12. The molecule has 27 heavy (non-hydrogen) atoms. The van der Waals surface area contributed by atoms with E-state index in [1.165, 1.54) is 0 Å². The normalized spacial score (nSPS) is 11.7. The summed E-state index contributed by atoms with van der Waals surface area (Å²) >= 11 is 3.38. The Balaban J connectivity index is 1.68. The standard InChI is InChI=1S/C20H21BrF2N2O2/c1-13(11-14-4-6-15(21)7-5-14)25-19(26)3-2-10-24-20(27)17-9-8-16(22)12-18(17)23/h4-9,12-13H,2-3,10-11H2,1H3,(H,24,27)(H,25,26). The van der Waals surface area contributed by atoms with E-state index in [1.54, 1.807) is 0 Å². The number of rotatable bonds is 8. The first-order valence-corrected chi connectivity index (χ1v) is 9.41. The zero-order valence-electron chi connectivity index (χ0n) is 14.9. The van der Waals surface area contributed by atoms with E-state index in [9.17, 15) is 18.4 Å². The number of nitrogens with one attached hydrogen (secondary N) is 2. The van der Waals surface area contributed by atoms with Crippen LogP contribution in [0, 0.1) is 11.6 Å². The molecule has 0 aliphatic carbocycles. The van der Waals surface area contributed by atoms with Gasteiger partial charge in [0.15, 0.2) is 0 Å². The summed E-state index contributed by atoms with van der Waals surface area (Å²) in [7, 11) is 0. The van der Waals surface area contributed by atoms with Crippen LogP contribution >= 0.6 is 15.9 Å². The highest BCUT2D eigenvalue weighted by molar-refractivity contribution is 9.10. The van der Waals surface area contributed by atoms with Gasteiger partial charge in [0.05, 0.1) is 5.56 Å². The Labute approximate surface area is 165 Å². The molecule has 0 radical (unpaired) electrons. The van der Waals surface area contributed by atoms with Crippen molar-refractivity contribution in [3.05, 3.63) is 69.7 Å². The van der Waals surface area contributed by atoms with Gasteiger partial charge in [0.1, 0.15) is 11.6 Å². The van der Waals surface area contributed by atoms with Crippen molar-refractivity contribution >= 4 is 27.7 Å². The third kappa shape index (κ3) is 7.09. The summed E-state index contributed by atoms with van der Waals surface area (Å²) in [6.07, 6.45) is 1.39. The van der Waals surface area contributed by atoms with Gasteiger partial charge >= 0.3 is 0 Å². The lowest BCUT2D eigenvalue weighted by Crippen LogP contribution is -2.34. The van der Waals surface area contributed by atoms with Crippen LogP contribution < -0.4 is 10.6 Å². The minimum absolute atomic E-state index is 0.0124. The molecule has 1 unspecified atom stereocenters. The van der Waals surface area contributed by atoms with Gasteiger partial charge in [-0.2, -0.15) is 0 Å². The van der Waals surface area contributed by atoms with E-state index in [1.807, 2.05) is 31.2 Å². The van der Waals surface area contributed by atoms with E-state index >= 15 is 0 Å². The molecule has 0 heterocycles. The second-order valence-electron chi connectivity index (χ2n) is 6.28. The average Bonchev–Trinajstić information content (AvgIpc) is 2.60. The van der Waals surface area contributed by atoms with Gasteiger partial charge in [-0.15, -0.1) is 0 Å². The van der Waals surface area contributed by atoms with Gasteiger partial charge in [-0.25, -0.2) is 8.78 Å². The molecular formula is C20H21BrF2N2O2. The van der Waals surface area contributed by atoms with Crippen molar-refractivity contribution in [1.82, 2.24) is 10.6 Å². The Morgan fingerprint density at radius 3 is 2.48 bits per heavy atom. The highest BCUT2D eigenvalue weighted by Crippen LogP contribution is 2.12. The summed E-state index contributed by atoms with van der Waals surface area (Å²) in [6, 6.07) is 10.7. The van der Waals surface area contributed by atoms with Crippen molar-refractivity contribution in [1.29, 1.82) is 0 Å². The molecule has 1 atom stereocenters. The first-order valence-electron chi connectivity index (χ1n) is 8.62. The molecule has 4 nitrogen and oxygen atoms in total. The van der Waals surface area contributed by atoms with Crippen molar-refractivity contribution in [2.75, 3.05) is 6.54 Å². The van der Waals surface area contributed by atoms with Gasteiger partial charge in [0, 0.05) is 29.5 Å². The Hall–Kier alpha value is -2.28. The Morgan fingerprint density at radius 1 is 1.11 bits per heavy atom. The highest BCUT2D eigenvalue weighted by atomic mass is 79.9. The molecule has 0 spiro atoms. The van der Waals surface area contributed by atoms with Gasteiger partial charge < -0.3 is 10.6 Å². The minimum Gasteiger partial charge on any atom is -0.353 e. The molecule has 7 heteroatoms. The topological polar surface area (TPSA) is 58.2 Å². The maximum Gasteiger partial charge on any atom is 0.254 e. The molecule has 2 rings (SSSR count). The van der Waals surface area contributed by atoms with Crippen LogP contribution in [0.4, 0.5) is 8.78 Å². The number of halogens is 3. The number of carbonyl (C=O) groups excluding carboxylic acids is 2. The number of amides is 2. The molecule has 0 saturated carbocycles. The molecule has 144 valence electrons. The summed E-state index contributed by atoms with van der Waals surface area (Å²) in [5.74, 6) is -2.39. The SMILES string of the molecule is CC(Cc1ccc(Br)cc1)NC(=O)CCCNC(=O)c1ccc(F)cc1F. The maximum atomic E-state index is 13.5. The van der Waals surface area contributed by atoms with Crippen molar-refractivity contribution < 1.29 is 18.4 Å². The van der Waals surface area contributed by atoms with Gasteiger partial charge in [-0.05, 0) is 49.6 Å². The van der Waals surface area contributed by atoms with Gasteiger partial charge in [-0.3, -0.25) is 9.59 Å². The van der Waals surface area contributed by atoms with Gasteiger partial charge in [-0.1, -0.05) is 28.1 Å². The van der Waals surface area contributed by atoms with E-state index < -0.39 is 17.5 Å². The van der Waals surface area contributed by atoms with E-state index in [2.05, 4.69) is 26.6 Å². The first-order chi connectivity index (χ1) is 12.8. The number of hydrogen-bond donors (Lipinski definition) is 2. The second kappa shape index (κ2) is 10.2. The van der Waals surface area contributed by atoms with Gasteiger partial charge in [0.2, 0.25) is 5.91 Å². The minimum atomic E-state index is -0.910. The third-order valence-electron chi connectivity index (χ3n) is 3.90. The van der Waals surface area contributed by atoms with Crippen molar-refractivity contribution in [3.8, 4) is 0 Å². The number of hydrogen-bond acceptors (Lipinski definition) is 2. The molecule has 0 saturated heterocycles. The van der Waals surface area contributed by atoms with Crippen LogP contribution in [0.15, 0.2) is 46.9 Å². The van der Waals surface area contributed by atoms with Crippen LogP contribution in [-0.2, 0) is 11.2 Å². The molecule has 0 fully saturated rings. The molecule has 2 aromatic rings. The molecule has 0 aromatic heterocycles. The van der Waals surface area contributed by atoms with Crippen LogP contribution in [0.1, 0.15) is 35.7 Å². The van der Waals surface area contributed by atoms with Crippen LogP contribution in [0.5, 0.6) is 0 Å². The Morgan fingerprint density at radius 2 is 1.81 bits per heavy atom. The molecule has 2 amide bonds. The fourth-order valence-corrected chi connectivity index (χ4v) is 2.86. The van der Waals surface area contributed by atoms with Crippen molar-refractivity contribution in [2.24, 2.45) is 0 Å². The summed E-state index contributed by atoms with van der Waals surface area (Å²) in [5, 5.41) is 5.44. The van der Waals surface area contributed by atoms with E-state index in [0.29, 0.717) is 12.5 Å². The molecule has 0 bridgehead atoms. The van der Waals surface area contributed by atoms with E-state index in [-0.39, 0.29) is 30.5 Å². The largest absolute Gasteiger partial charge is 0.353 e. The first kappa shape index (κ1) is 21.0. The third-order valence-corrected chi connectivity index (χ3v) is 4.43. The van der Waals surface area contributed by atoms with E-state index in [0.717, 1.165) is 28.6 Å². The fourth-order valence-electron chi connectivity index (χ4n) is 2.59. The van der Waals surface area contributed by atoms with Crippen LogP contribution in [-0.4, -0.2) is 24.4 Å². The van der Waals surface area contributed by atoms with Crippen LogP contribution in [0.25, 0.3) is 0 Å². The summed E-state index contributed by atoms with van der Waals surface area (Å²) in [6.45, 7) is 2.16. The summed E-state index contributed by atoms with van der Waals surface area (Å²) in [5.41, 5.74) is 0.906. The van der Waals surface area contributed by atoms with Crippen molar-refractivity contribution in [3.63, 3.8) is 0 Å². The van der Waals surface area contributed by atoms with E-state index in [4.69, 9.17) is 0 Å². The smallest absolute Gasteiger partial charge is 0.254 e. The quantitative estimate of drug-likeness (QED) is 0.612. The molecule has 0 aliphatic rings. The zero-order valence-corrected chi connectivity index (χ0v) is 16.5. The maximum absolute atomic E-state index is 13.5. The molecule has 2 aromatic carbocycles. The lowest BCUT2D eigenvalue weighted by Gasteiger charge is -2.14. The zero-order chi connectivity index (χ0) is 19.8. The van der Waals surface area contributed by atoms with Gasteiger partial charge in [0.25, 0.3) is 5.91 Å². The lowest BCUT2D eigenvalue weighted by molar-refractivity contribution is -0.121. The predicted molar refractivity (Wildman–Crippen MR) is 103 cm³/mol. The predicted octanol–water partition coefficient (Wildman–Crippen LogP) is 3.98. The average molecular weight is 439 g/mol. The number of carbonyl (C=O) groups is 2. The second-order valence-corrected chi connectivity index (χ2v) is 7.20. The monoisotopic (exact) mass is 438 g/mol.